The topological polar surface area (TPSA) is 87.0 Å². The maximum Gasteiger partial charge on any atom is 0.343 e. The predicted octanol–water partition coefficient (Wildman–Crippen LogP) is 4.88. The number of unbranched alkanes of at least 4 members (excludes halogenated alkanes) is 6. The van der Waals surface area contributed by atoms with E-state index in [9.17, 15) is 20.1 Å². The lowest BCUT2D eigenvalue weighted by atomic mass is 10.0. The lowest BCUT2D eigenvalue weighted by molar-refractivity contribution is 0.0687. The van der Waals surface area contributed by atoms with Crippen LogP contribution in [0.4, 0.5) is 0 Å². The third-order valence-corrected chi connectivity index (χ3v) is 4.07. The molecule has 0 unspecified atom stereocenters. The zero-order valence-corrected chi connectivity index (χ0v) is 14.8. The minimum atomic E-state index is -1.29. The van der Waals surface area contributed by atoms with Crippen molar-refractivity contribution in [1.82, 2.24) is 0 Å². The molecule has 3 N–H and O–H groups in total. The van der Waals surface area contributed by atoms with Gasteiger partial charge in [-0.2, -0.15) is 0 Å². The highest BCUT2D eigenvalue weighted by Gasteiger charge is 2.24. The molecule has 24 heavy (non-hydrogen) atoms. The number of aromatic hydroxyl groups is 2. The molecule has 0 fully saturated rings. The highest BCUT2D eigenvalue weighted by Crippen LogP contribution is 2.40. The molecule has 0 bridgehead atoms. The normalized spacial score (nSPS) is 10.8. The van der Waals surface area contributed by atoms with E-state index in [1.807, 2.05) is 0 Å². The van der Waals surface area contributed by atoms with E-state index in [-0.39, 0.29) is 11.3 Å². The Hall–Kier alpha value is -1.91. The van der Waals surface area contributed by atoms with E-state index in [1.165, 1.54) is 12.5 Å². The quantitative estimate of drug-likeness (QED) is 0.373. The second-order valence-electron chi connectivity index (χ2n) is 6.13. The number of rotatable bonds is 12. The molecule has 0 heterocycles. The summed E-state index contributed by atoms with van der Waals surface area (Å²) in [7, 11) is 0. The van der Waals surface area contributed by atoms with Crippen LogP contribution >= 0.6 is 0 Å². The fourth-order valence-corrected chi connectivity index (χ4v) is 2.69. The van der Waals surface area contributed by atoms with Crippen LogP contribution in [0.5, 0.6) is 17.2 Å². The molecule has 0 aliphatic rings. The van der Waals surface area contributed by atoms with Gasteiger partial charge in [-0.15, -0.1) is 0 Å². The number of phenolic OH excluding ortho intramolecular Hbond substituents is 1. The van der Waals surface area contributed by atoms with Crippen molar-refractivity contribution in [2.75, 3.05) is 6.61 Å². The molecule has 0 saturated heterocycles. The van der Waals surface area contributed by atoms with Gasteiger partial charge in [0.05, 0.1) is 6.61 Å². The Kier molecular flexibility index (Phi) is 9.05. The minimum Gasteiger partial charge on any atom is -0.504 e. The van der Waals surface area contributed by atoms with Crippen molar-refractivity contribution in [3.05, 3.63) is 17.2 Å². The van der Waals surface area contributed by atoms with Gasteiger partial charge in [-0.05, 0) is 30.9 Å². The Morgan fingerprint density at radius 2 is 1.62 bits per heavy atom. The first-order valence-corrected chi connectivity index (χ1v) is 8.96. The molecule has 1 aromatic carbocycles. The Balaban J connectivity index is 2.94. The van der Waals surface area contributed by atoms with Crippen molar-refractivity contribution in [1.29, 1.82) is 0 Å². The Bertz CT molecular complexity index is 525. The van der Waals surface area contributed by atoms with Crippen LogP contribution in [0.2, 0.25) is 0 Å². The van der Waals surface area contributed by atoms with Crippen molar-refractivity contribution in [2.24, 2.45) is 0 Å². The molecule has 5 nitrogen and oxygen atoms in total. The van der Waals surface area contributed by atoms with Gasteiger partial charge >= 0.3 is 5.97 Å². The number of hydrogen-bond donors (Lipinski definition) is 3. The van der Waals surface area contributed by atoms with E-state index in [2.05, 4.69) is 13.8 Å². The van der Waals surface area contributed by atoms with Crippen LogP contribution in [0.25, 0.3) is 0 Å². The molecule has 0 amide bonds. The Morgan fingerprint density at radius 3 is 2.25 bits per heavy atom. The maximum atomic E-state index is 11.5. The summed E-state index contributed by atoms with van der Waals surface area (Å²) in [5.74, 6) is -2.12. The van der Waals surface area contributed by atoms with Crippen LogP contribution in [-0.2, 0) is 6.42 Å². The third kappa shape index (κ3) is 5.95. The van der Waals surface area contributed by atoms with Gasteiger partial charge in [-0.1, -0.05) is 52.4 Å². The summed E-state index contributed by atoms with van der Waals surface area (Å²) in [5, 5.41) is 29.1. The fraction of sp³-hybridized carbons (Fsp3) is 0.632. The van der Waals surface area contributed by atoms with Gasteiger partial charge in [0.15, 0.2) is 11.5 Å². The van der Waals surface area contributed by atoms with Crippen LogP contribution in [0.15, 0.2) is 6.07 Å². The van der Waals surface area contributed by atoms with E-state index >= 15 is 0 Å². The van der Waals surface area contributed by atoms with Gasteiger partial charge in [-0.3, -0.25) is 0 Å². The van der Waals surface area contributed by atoms with E-state index in [1.54, 1.807) is 0 Å². The maximum absolute atomic E-state index is 11.5. The van der Waals surface area contributed by atoms with Crippen LogP contribution in [0, 0.1) is 0 Å². The lowest BCUT2D eigenvalue weighted by Gasteiger charge is -2.16. The van der Waals surface area contributed by atoms with Gasteiger partial charge in [0.25, 0.3) is 0 Å². The van der Waals surface area contributed by atoms with Gasteiger partial charge in [0.2, 0.25) is 0 Å². The van der Waals surface area contributed by atoms with E-state index in [4.69, 9.17) is 4.74 Å². The summed E-state index contributed by atoms with van der Waals surface area (Å²) < 4.78 is 5.69. The molecular formula is C19H30O5. The smallest absolute Gasteiger partial charge is 0.343 e. The van der Waals surface area contributed by atoms with Crippen LogP contribution in [-0.4, -0.2) is 27.9 Å². The monoisotopic (exact) mass is 338 g/mol. The van der Waals surface area contributed by atoms with E-state index in [0.717, 1.165) is 44.9 Å². The molecule has 5 heteroatoms. The number of aryl methyl sites for hydroxylation is 1. The number of carboxylic acid groups (broad SMARTS) is 1. The van der Waals surface area contributed by atoms with Crippen LogP contribution < -0.4 is 4.74 Å². The number of phenols is 2. The molecule has 0 aliphatic carbocycles. The molecular weight excluding hydrogens is 308 g/mol. The predicted molar refractivity (Wildman–Crippen MR) is 94.2 cm³/mol. The Morgan fingerprint density at radius 1 is 1.00 bits per heavy atom. The third-order valence-electron chi connectivity index (χ3n) is 4.07. The van der Waals surface area contributed by atoms with E-state index < -0.39 is 17.5 Å². The number of benzene rings is 1. The first-order chi connectivity index (χ1) is 11.5. The lowest BCUT2D eigenvalue weighted by Crippen LogP contribution is -2.08. The summed E-state index contributed by atoms with van der Waals surface area (Å²) in [6, 6.07) is 1.43. The van der Waals surface area contributed by atoms with Gasteiger partial charge in [-0.25, -0.2) is 4.79 Å². The second kappa shape index (κ2) is 10.8. The summed E-state index contributed by atoms with van der Waals surface area (Å²) in [6.45, 7) is 4.64. The highest BCUT2D eigenvalue weighted by molar-refractivity contribution is 5.95. The van der Waals surface area contributed by atoms with Gasteiger partial charge in [0.1, 0.15) is 11.3 Å². The first kappa shape index (κ1) is 20.1. The minimum absolute atomic E-state index is 0.199. The van der Waals surface area contributed by atoms with Crippen molar-refractivity contribution >= 4 is 5.97 Å². The van der Waals surface area contributed by atoms with Gasteiger partial charge < -0.3 is 20.1 Å². The molecule has 1 rings (SSSR count). The van der Waals surface area contributed by atoms with Crippen LogP contribution in [0.1, 0.15) is 81.1 Å². The first-order valence-electron chi connectivity index (χ1n) is 8.96. The second-order valence-corrected chi connectivity index (χ2v) is 6.13. The van der Waals surface area contributed by atoms with Crippen molar-refractivity contribution in [3.8, 4) is 17.2 Å². The zero-order valence-electron chi connectivity index (χ0n) is 14.8. The summed E-state index contributed by atoms with van der Waals surface area (Å²) in [6.07, 6.45) is 8.92. The van der Waals surface area contributed by atoms with E-state index in [0.29, 0.717) is 18.6 Å². The van der Waals surface area contributed by atoms with Crippen LogP contribution in [0.3, 0.4) is 0 Å². The zero-order chi connectivity index (χ0) is 17.9. The molecule has 1 aromatic rings. The number of carbonyl (C=O) groups is 1. The molecule has 136 valence electrons. The summed E-state index contributed by atoms with van der Waals surface area (Å²) in [5.41, 5.74) is 0.311. The molecule has 0 spiro atoms. The average molecular weight is 338 g/mol. The standard InChI is InChI=1S/C19H30O5/c1-3-5-7-8-9-11-14-13-15(20)17(21)16(19(22)23)18(14)24-12-10-6-4-2/h13,20-21H,3-12H2,1-2H3,(H,22,23). The average Bonchev–Trinajstić information content (AvgIpc) is 2.54. The fourth-order valence-electron chi connectivity index (χ4n) is 2.69. The molecule has 0 aliphatic heterocycles. The number of ether oxygens (including phenoxy) is 1. The summed E-state index contributed by atoms with van der Waals surface area (Å²) >= 11 is 0. The number of carboxylic acids is 1. The molecule has 0 aromatic heterocycles. The SMILES string of the molecule is CCCCCCCc1cc(O)c(O)c(C(=O)O)c1OCCCCC. The molecule has 0 atom stereocenters. The van der Waals surface area contributed by atoms with Crippen molar-refractivity contribution in [3.63, 3.8) is 0 Å². The molecule has 0 radical (unpaired) electrons. The largest absolute Gasteiger partial charge is 0.504 e. The van der Waals surface area contributed by atoms with Crippen molar-refractivity contribution < 1.29 is 24.9 Å². The van der Waals surface area contributed by atoms with Gasteiger partial charge in [0, 0.05) is 0 Å². The van der Waals surface area contributed by atoms with Crippen molar-refractivity contribution in [2.45, 2.75) is 71.6 Å². The highest BCUT2D eigenvalue weighted by atomic mass is 16.5. The summed E-state index contributed by atoms with van der Waals surface area (Å²) in [4.78, 5) is 11.5. The molecule has 0 saturated carbocycles. The number of hydrogen-bond acceptors (Lipinski definition) is 4. The number of aromatic carboxylic acids is 1. The Labute approximate surface area is 144 Å².